The van der Waals surface area contributed by atoms with E-state index in [9.17, 15) is 4.79 Å². The highest BCUT2D eigenvalue weighted by Gasteiger charge is 2.29. The zero-order valence-electron chi connectivity index (χ0n) is 14.4. The number of aromatic nitrogens is 2. The second-order valence-electron chi connectivity index (χ2n) is 6.53. The Balaban J connectivity index is 1.53. The number of likely N-dealkylation sites (N-methyl/N-ethyl adjacent to an activating group) is 1. The van der Waals surface area contributed by atoms with Crippen LogP contribution < -0.4 is 0 Å². The summed E-state index contributed by atoms with van der Waals surface area (Å²) in [5.74, 6) is 1.04. The van der Waals surface area contributed by atoms with Crippen molar-refractivity contribution < 1.29 is 4.79 Å². The quantitative estimate of drug-likeness (QED) is 0.845. The minimum Gasteiger partial charge on any atom is -0.341 e. The van der Waals surface area contributed by atoms with Crippen LogP contribution in [0.4, 0.5) is 0 Å². The molecule has 5 heteroatoms. The first-order chi connectivity index (χ1) is 11.6. The fourth-order valence-electron chi connectivity index (χ4n) is 3.20. The lowest BCUT2D eigenvalue weighted by Crippen LogP contribution is -2.37. The van der Waals surface area contributed by atoms with Crippen molar-refractivity contribution in [3.63, 3.8) is 0 Å². The summed E-state index contributed by atoms with van der Waals surface area (Å²) in [5, 5.41) is 0. The van der Waals surface area contributed by atoms with Crippen molar-refractivity contribution in [3.8, 4) is 0 Å². The van der Waals surface area contributed by atoms with Crippen LogP contribution in [0, 0.1) is 6.92 Å². The van der Waals surface area contributed by atoms with Crippen molar-refractivity contribution >= 4 is 5.91 Å². The molecule has 0 aliphatic carbocycles. The molecule has 3 rings (SSSR count). The average Bonchev–Trinajstić information content (AvgIpc) is 3.06. The Morgan fingerprint density at radius 2 is 2.08 bits per heavy atom. The van der Waals surface area contributed by atoms with Crippen LogP contribution in [0.15, 0.2) is 42.7 Å². The van der Waals surface area contributed by atoms with Crippen LogP contribution in [0.2, 0.25) is 0 Å². The number of aryl methyl sites for hydroxylation is 1. The molecule has 0 saturated carbocycles. The molecule has 0 radical (unpaired) electrons. The Morgan fingerprint density at radius 3 is 2.83 bits per heavy atom. The van der Waals surface area contributed by atoms with Gasteiger partial charge in [-0.25, -0.2) is 9.97 Å². The standard InChI is InChI=1S/C19H24N4O/c1-15-5-3-6-16(11-15)12-19(24)23-10-7-17(13-23)22(2)14-18-20-8-4-9-21-18/h3-6,8-9,11,17H,7,10,12-14H2,1-2H3. The number of nitrogens with zero attached hydrogens (tertiary/aromatic N) is 4. The molecule has 1 aromatic heterocycles. The monoisotopic (exact) mass is 324 g/mol. The number of likely N-dealkylation sites (tertiary alicyclic amines) is 1. The van der Waals surface area contributed by atoms with Gasteiger partial charge in [0, 0.05) is 31.5 Å². The highest BCUT2D eigenvalue weighted by atomic mass is 16.2. The Bertz CT molecular complexity index is 689. The van der Waals surface area contributed by atoms with Gasteiger partial charge in [-0.3, -0.25) is 9.69 Å². The number of hydrogen-bond donors (Lipinski definition) is 0. The van der Waals surface area contributed by atoms with Gasteiger partial charge in [-0.15, -0.1) is 0 Å². The molecule has 1 fully saturated rings. The van der Waals surface area contributed by atoms with Crippen molar-refractivity contribution in [2.45, 2.75) is 32.4 Å². The molecule has 1 atom stereocenters. The van der Waals surface area contributed by atoms with Crippen LogP contribution in [0.25, 0.3) is 0 Å². The molecule has 126 valence electrons. The maximum absolute atomic E-state index is 12.5. The van der Waals surface area contributed by atoms with E-state index in [0.29, 0.717) is 19.0 Å². The molecule has 1 aromatic carbocycles. The van der Waals surface area contributed by atoms with Crippen molar-refractivity contribution in [1.29, 1.82) is 0 Å². The lowest BCUT2D eigenvalue weighted by Gasteiger charge is -2.24. The van der Waals surface area contributed by atoms with Gasteiger partial charge in [0.1, 0.15) is 5.82 Å². The smallest absolute Gasteiger partial charge is 0.227 e. The highest BCUT2D eigenvalue weighted by molar-refractivity contribution is 5.79. The van der Waals surface area contributed by atoms with Crippen LogP contribution in [0.3, 0.4) is 0 Å². The molecular formula is C19H24N4O. The summed E-state index contributed by atoms with van der Waals surface area (Å²) in [5.41, 5.74) is 2.29. The lowest BCUT2D eigenvalue weighted by molar-refractivity contribution is -0.129. The van der Waals surface area contributed by atoms with Gasteiger partial charge < -0.3 is 4.90 Å². The fraction of sp³-hybridized carbons (Fsp3) is 0.421. The molecular weight excluding hydrogens is 300 g/mol. The molecule has 1 amide bonds. The Hall–Kier alpha value is -2.27. The van der Waals surface area contributed by atoms with Gasteiger partial charge in [-0.05, 0) is 32.0 Å². The van der Waals surface area contributed by atoms with Crippen molar-refractivity contribution in [2.75, 3.05) is 20.1 Å². The molecule has 1 aliphatic rings. The van der Waals surface area contributed by atoms with E-state index in [1.807, 2.05) is 23.1 Å². The van der Waals surface area contributed by atoms with Crippen LogP contribution in [-0.2, 0) is 17.8 Å². The van der Waals surface area contributed by atoms with E-state index in [2.05, 4.69) is 41.0 Å². The molecule has 1 aliphatic heterocycles. The Morgan fingerprint density at radius 1 is 1.29 bits per heavy atom. The van der Waals surface area contributed by atoms with E-state index in [1.165, 1.54) is 5.56 Å². The lowest BCUT2D eigenvalue weighted by atomic mass is 10.1. The zero-order valence-corrected chi connectivity index (χ0v) is 14.4. The predicted molar refractivity (Wildman–Crippen MR) is 93.4 cm³/mol. The third kappa shape index (κ3) is 4.17. The number of carbonyl (C=O) groups excluding carboxylic acids is 1. The van der Waals surface area contributed by atoms with E-state index >= 15 is 0 Å². The first-order valence-electron chi connectivity index (χ1n) is 8.41. The average molecular weight is 324 g/mol. The second-order valence-corrected chi connectivity index (χ2v) is 6.53. The van der Waals surface area contributed by atoms with Gasteiger partial charge in [0.05, 0.1) is 13.0 Å². The first-order valence-corrected chi connectivity index (χ1v) is 8.41. The number of benzene rings is 1. The van der Waals surface area contributed by atoms with E-state index < -0.39 is 0 Å². The minimum atomic E-state index is 0.215. The maximum Gasteiger partial charge on any atom is 0.227 e. The van der Waals surface area contributed by atoms with Gasteiger partial charge in [-0.1, -0.05) is 29.8 Å². The minimum absolute atomic E-state index is 0.215. The largest absolute Gasteiger partial charge is 0.341 e. The van der Waals surface area contributed by atoms with Gasteiger partial charge in [-0.2, -0.15) is 0 Å². The summed E-state index contributed by atoms with van der Waals surface area (Å²) in [4.78, 5) is 25.3. The van der Waals surface area contributed by atoms with E-state index in [4.69, 9.17) is 0 Å². The summed E-state index contributed by atoms with van der Waals surface area (Å²) >= 11 is 0. The number of carbonyl (C=O) groups is 1. The number of amides is 1. The van der Waals surface area contributed by atoms with Crippen LogP contribution in [0.1, 0.15) is 23.4 Å². The van der Waals surface area contributed by atoms with E-state index in [0.717, 1.165) is 30.9 Å². The van der Waals surface area contributed by atoms with Gasteiger partial charge in [0.25, 0.3) is 0 Å². The maximum atomic E-state index is 12.5. The van der Waals surface area contributed by atoms with Crippen LogP contribution in [-0.4, -0.2) is 51.9 Å². The summed E-state index contributed by atoms with van der Waals surface area (Å²) in [6, 6.07) is 10.4. The fourth-order valence-corrected chi connectivity index (χ4v) is 3.20. The summed E-state index contributed by atoms with van der Waals surface area (Å²) in [7, 11) is 2.08. The van der Waals surface area contributed by atoms with Gasteiger partial charge in [0.2, 0.25) is 5.91 Å². The summed E-state index contributed by atoms with van der Waals surface area (Å²) in [6.45, 7) is 4.38. The third-order valence-corrected chi connectivity index (χ3v) is 4.59. The first kappa shape index (κ1) is 16.6. The SMILES string of the molecule is Cc1cccc(CC(=O)N2CCC(N(C)Cc3ncccn3)C2)c1. The highest BCUT2D eigenvalue weighted by Crippen LogP contribution is 2.17. The molecule has 0 N–H and O–H groups in total. The van der Waals surface area contributed by atoms with Crippen molar-refractivity contribution in [3.05, 3.63) is 59.7 Å². The van der Waals surface area contributed by atoms with Crippen LogP contribution >= 0.6 is 0 Å². The van der Waals surface area contributed by atoms with E-state index in [1.54, 1.807) is 12.4 Å². The zero-order chi connectivity index (χ0) is 16.9. The molecule has 1 saturated heterocycles. The second kappa shape index (κ2) is 7.53. The molecule has 1 unspecified atom stereocenters. The molecule has 2 aromatic rings. The van der Waals surface area contributed by atoms with E-state index in [-0.39, 0.29) is 5.91 Å². The normalized spacial score (nSPS) is 17.5. The molecule has 24 heavy (non-hydrogen) atoms. The number of rotatable bonds is 5. The number of hydrogen-bond acceptors (Lipinski definition) is 4. The summed E-state index contributed by atoms with van der Waals surface area (Å²) < 4.78 is 0. The van der Waals surface area contributed by atoms with Gasteiger partial charge >= 0.3 is 0 Å². The Kier molecular flexibility index (Phi) is 5.20. The third-order valence-electron chi connectivity index (χ3n) is 4.59. The molecule has 0 spiro atoms. The Labute approximate surface area is 143 Å². The topological polar surface area (TPSA) is 49.3 Å². The predicted octanol–water partition coefficient (Wildman–Crippen LogP) is 2.06. The molecule has 0 bridgehead atoms. The van der Waals surface area contributed by atoms with Gasteiger partial charge in [0.15, 0.2) is 0 Å². The molecule has 2 heterocycles. The van der Waals surface area contributed by atoms with Crippen molar-refractivity contribution in [2.24, 2.45) is 0 Å². The molecule has 5 nitrogen and oxygen atoms in total. The van der Waals surface area contributed by atoms with Crippen LogP contribution in [0.5, 0.6) is 0 Å². The van der Waals surface area contributed by atoms with Crippen molar-refractivity contribution in [1.82, 2.24) is 19.8 Å². The summed E-state index contributed by atoms with van der Waals surface area (Å²) in [6.07, 6.45) is 5.02.